The van der Waals surface area contributed by atoms with Gasteiger partial charge in [-0.05, 0) is 188 Å². The summed E-state index contributed by atoms with van der Waals surface area (Å²) in [6.45, 7) is 54.6. The topological polar surface area (TPSA) is 0 Å². The summed E-state index contributed by atoms with van der Waals surface area (Å²) < 4.78 is 54.1. The Morgan fingerprint density at radius 1 is 0.238 bits per heavy atom. The molecule has 0 N–H and O–H groups in total. The number of aryl methyl sites for hydroxylation is 2. The van der Waals surface area contributed by atoms with Gasteiger partial charge < -0.3 is 0 Å². The van der Waals surface area contributed by atoms with Crippen LogP contribution >= 0.6 is 23.2 Å². The van der Waals surface area contributed by atoms with Crippen LogP contribution in [0.1, 0.15) is 345 Å². The van der Waals surface area contributed by atoms with Crippen LogP contribution in [-0.4, -0.2) is 0 Å². The van der Waals surface area contributed by atoms with Gasteiger partial charge in [0.15, 0.2) is 0 Å². The second-order valence-electron chi connectivity index (χ2n) is 25.4. The second-order valence-corrected chi connectivity index (χ2v) is 26.3. The summed E-state index contributed by atoms with van der Waals surface area (Å²) in [4.78, 5) is 0. The molecule has 0 aliphatic heterocycles. The Balaban J connectivity index is -0.000000453. The van der Waals surface area contributed by atoms with Crippen LogP contribution in [0.15, 0.2) is 97.1 Å². The molecule has 0 heterocycles. The van der Waals surface area contributed by atoms with Crippen molar-refractivity contribution in [3.05, 3.63) is 208 Å². The average molecular weight is 1210 g/mol. The molecule has 6 aromatic rings. The molecule has 6 rings (SSSR count). The van der Waals surface area contributed by atoms with Crippen LogP contribution in [0, 0.1) is 37.1 Å². The predicted octanol–water partition coefficient (Wildman–Crippen LogP) is 28.6. The third-order valence-corrected chi connectivity index (χ3v) is 15.1. The molecule has 0 spiro atoms. The molecular formula is C78H122Cl2F4. The summed E-state index contributed by atoms with van der Waals surface area (Å²) in [7, 11) is 0. The number of hydrogen-bond donors (Lipinski definition) is 0. The second kappa shape index (κ2) is 40.9. The Bertz CT molecular complexity index is 2430. The van der Waals surface area contributed by atoms with Crippen molar-refractivity contribution in [2.24, 2.45) is 0 Å². The number of halogens is 6. The summed E-state index contributed by atoms with van der Waals surface area (Å²) in [5.41, 5.74) is 15.6. The van der Waals surface area contributed by atoms with E-state index in [1.54, 1.807) is 26.0 Å². The van der Waals surface area contributed by atoms with Gasteiger partial charge in [0, 0.05) is 21.2 Å². The minimum Gasteiger partial charge on any atom is -0.207 e. The Hall–Kier alpha value is -4.38. The fraction of sp³-hybridized carbons (Fsp3) is 0.538. The highest BCUT2D eigenvalue weighted by molar-refractivity contribution is 6.31. The monoisotopic (exact) mass is 1200 g/mol. The molecule has 0 aliphatic carbocycles. The quantitative estimate of drug-likeness (QED) is 0.107. The van der Waals surface area contributed by atoms with E-state index in [2.05, 4.69) is 165 Å². The molecule has 0 saturated carbocycles. The first kappa shape index (κ1) is 86.1. The molecule has 0 fully saturated rings. The van der Waals surface area contributed by atoms with Gasteiger partial charge in [-0.25, -0.2) is 17.6 Å². The Morgan fingerprint density at radius 3 is 0.726 bits per heavy atom. The SMILES string of the molecule is C.C.C.C.CC(C)c1cc(F)c(C(C)C)c(Cl)c1.CC(C)c1cc(F)c(C(C)C)c(F)c1.CC(C)c1ccc(C(C)C)c(Cl)c1.CC(C)c1ccc(C(C)C)c(F)c1.Cc1cc(C(C)C)ccc1C(C)C.Cc1cc(C(C)C)ccc1C(C)C. The fourth-order valence-electron chi connectivity index (χ4n) is 9.13. The van der Waals surface area contributed by atoms with Gasteiger partial charge in [0.05, 0.1) is 0 Å². The molecule has 0 aliphatic rings. The van der Waals surface area contributed by atoms with Crippen LogP contribution in [0.3, 0.4) is 0 Å². The van der Waals surface area contributed by atoms with Crippen molar-refractivity contribution in [2.75, 3.05) is 0 Å². The molecule has 0 radical (unpaired) electrons. The summed E-state index contributed by atoms with van der Waals surface area (Å²) in [5.74, 6) is 3.65. The average Bonchev–Trinajstić information content (AvgIpc) is 3.33. The highest BCUT2D eigenvalue weighted by Crippen LogP contribution is 2.32. The highest BCUT2D eigenvalue weighted by atomic mass is 35.5. The predicted molar refractivity (Wildman–Crippen MR) is 374 cm³/mol. The van der Waals surface area contributed by atoms with E-state index in [0.29, 0.717) is 63.5 Å². The lowest BCUT2D eigenvalue weighted by Gasteiger charge is -2.13. The molecule has 6 aromatic carbocycles. The maximum Gasteiger partial charge on any atom is 0.129 e. The third-order valence-electron chi connectivity index (χ3n) is 14.5. The van der Waals surface area contributed by atoms with Gasteiger partial charge in [-0.3, -0.25) is 0 Å². The minimum absolute atomic E-state index is 0. The molecular weight excluding hydrogens is 1080 g/mol. The lowest BCUT2D eigenvalue weighted by atomic mass is 9.93. The standard InChI is InChI=1S/2C13H20.C12H16ClF.C12H17Cl.C12H16F2.C12H17F.4CH4/c2*1-9(2)12-6-7-13(10(3)4)11(5)8-12;1-7(2)9-5-10(13)12(8(3)4)11(14)6-9;1-8(2)10-5-6-11(9(3)4)12(13)7-10;1-7(2)9-5-10(13)12(8(3)4)11(14)6-9;1-8(2)10-5-6-11(9(3)4)12(13)7-10;;;;/h2*6-10H,1-5H3;5-8H,1-4H3;5-9H,1-4H3;5-8H,1-4H3;5-9H,1-4H3;4*1H4. The van der Waals surface area contributed by atoms with Crippen LogP contribution in [0.25, 0.3) is 0 Å². The summed E-state index contributed by atoms with van der Waals surface area (Å²) in [6.07, 6.45) is 0. The molecule has 0 atom stereocenters. The van der Waals surface area contributed by atoms with Gasteiger partial charge in [0.2, 0.25) is 0 Å². The van der Waals surface area contributed by atoms with Crippen molar-refractivity contribution in [1.82, 2.24) is 0 Å². The van der Waals surface area contributed by atoms with Crippen molar-refractivity contribution in [3.63, 3.8) is 0 Å². The van der Waals surface area contributed by atoms with E-state index in [-0.39, 0.29) is 70.6 Å². The van der Waals surface area contributed by atoms with E-state index in [1.807, 2.05) is 73.6 Å². The number of benzene rings is 6. The molecule has 476 valence electrons. The number of hydrogen-bond acceptors (Lipinski definition) is 0. The lowest BCUT2D eigenvalue weighted by Crippen LogP contribution is -2.01. The zero-order valence-electron chi connectivity index (χ0n) is 54.4. The highest BCUT2D eigenvalue weighted by Gasteiger charge is 2.17. The minimum atomic E-state index is -0.427. The largest absolute Gasteiger partial charge is 0.207 e. The molecule has 0 aromatic heterocycles. The van der Waals surface area contributed by atoms with E-state index in [9.17, 15) is 17.6 Å². The van der Waals surface area contributed by atoms with E-state index >= 15 is 0 Å². The molecule has 0 saturated heterocycles. The third kappa shape index (κ3) is 28.0. The van der Waals surface area contributed by atoms with Crippen molar-refractivity contribution in [1.29, 1.82) is 0 Å². The van der Waals surface area contributed by atoms with Gasteiger partial charge >= 0.3 is 0 Å². The van der Waals surface area contributed by atoms with Crippen molar-refractivity contribution in [2.45, 2.75) is 281 Å². The van der Waals surface area contributed by atoms with Crippen molar-refractivity contribution in [3.8, 4) is 0 Å². The van der Waals surface area contributed by atoms with Crippen LogP contribution in [0.2, 0.25) is 10.0 Å². The normalized spacial score (nSPS) is 10.8. The molecule has 0 amide bonds. The van der Waals surface area contributed by atoms with Gasteiger partial charge in [0.25, 0.3) is 0 Å². The zero-order chi connectivity index (χ0) is 61.8. The van der Waals surface area contributed by atoms with Crippen LogP contribution in [0.4, 0.5) is 17.6 Å². The summed E-state index contributed by atoms with van der Waals surface area (Å²) in [5, 5.41) is 1.45. The lowest BCUT2D eigenvalue weighted by molar-refractivity contribution is 0.536. The molecule has 84 heavy (non-hydrogen) atoms. The van der Waals surface area contributed by atoms with Gasteiger partial charge in [-0.2, -0.15) is 0 Å². The molecule has 6 heteroatoms. The van der Waals surface area contributed by atoms with Gasteiger partial charge in [-0.1, -0.05) is 280 Å². The Kier molecular flexibility index (Phi) is 41.9. The van der Waals surface area contributed by atoms with Gasteiger partial charge in [0.1, 0.15) is 23.3 Å². The fourth-order valence-corrected chi connectivity index (χ4v) is 9.97. The van der Waals surface area contributed by atoms with Crippen molar-refractivity contribution >= 4 is 23.2 Å². The van der Waals surface area contributed by atoms with Crippen molar-refractivity contribution < 1.29 is 17.6 Å². The van der Waals surface area contributed by atoms with E-state index in [0.717, 1.165) is 21.7 Å². The van der Waals surface area contributed by atoms with Crippen LogP contribution in [0.5, 0.6) is 0 Å². The smallest absolute Gasteiger partial charge is 0.129 e. The maximum atomic E-state index is 13.6. The maximum absolute atomic E-state index is 13.6. The Morgan fingerprint density at radius 2 is 0.476 bits per heavy atom. The first-order valence-electron chi connectivity index (χ1n) is 29.7. The summed E-state index contributed by atoms with van der Waals surface area (Å²) >= 11 is 12.2. The van der Waals surface area contributed by atoms with Gasteiger partial charge in [-0.15, -0.1) is 0 Å². The van der Waals surface area contributed by atoms with E-state index in [4.69, 9.17) is 23.2 Å². The molecule has 0 bridgehead atoms. The first-order chi connectivity index (χ1) is 36.9. The molecule has 0 nitrogen and oxygen atoms in total. The first-order valence-corrected chi connectivity index (χ1v) is 30.5. The summed E-state index contributed by atoms with van der Waals surface area (Å²) in [6, 6.07) is 32.0. The van der Waals surface area contributed by atoms with E-state index in [1.165, 1.54) is 56.6 Å². The molecule has 0 unspecified atom stereocenters. The van der Waals surface area contributed by atoms with Crippen LogP contribution < -0.4 is 0 Å². The zero-order valence-corrected chi connectivity index (χ0v) is 55.9. The van der Waals surface area contributed by atoms with E-state index < -0.39 is 11.6 Å². The Labute approximate surface area is 526 Å². The number of rotatable bonds is 12. The van der Waals surface area contributed by atoms with Crippen LogP contribution in [-0.2, 0) is 0 Å².